The lowest BCUT2D eigenvalue weighted by Crippen LogP contribution is -2.30. The average molecular weight is 215 g/mol. The van der Waals surface area contributed by atoms with Gasteiger partial charge in [0.2, 0.25) is 0 Å². The van der Waals surface area contributed by atoms with Gasteiger partial charge in [-0.1, -0.05) is 23.7 Å². The third-order valence-electron chi connectivity index (χ3n) is 1.68. The largest absolute Gasteiger partial charge is 0.345 e. The molecule has 0 bridgehead atoms. The number of hydroxylamine groups is 2. The fraction of sp³-hybridized carbons (Fsp3) is 0.222. The molecule has 76 valence electrons. The van der Waals surface area contributed by atoms with E-state index in [0.717, 1.165) is 5.06 Å². The van der Waals surface area contributed by atoms with E-state index in [1.54, 1.807) is 24.3 Å². The van der Waals surface area contributed by atoms with Crippen molar-refractivity contribution in [3.8, 4) is 0 Å². The molecular weight excluding hydrogens is 204 g/mol. The first-order chi connectivity index (χ1) is 6.65. The summed E-state index contributed by atoms with van der Waals surface area (Å²) in [5, 5.41) is 4.15. The van der Waals surface area contributed by atoms with E-state index < -0.39 is 0 Å². The van der Waals surface area contributed by atoms with E-state index in [2.05, 4.69) is 5.32 Å². The van der Waals surface area contributed by atoms with Gasteiger partial charge >= 0.3 is 6.03 Å². The number of amides is 2. The third kappa shape index (κ3) is 2.61. The van der Waals surface area contributed by atoms with Crippen LogP contribution in [0.25, 0.3) is 0 Å². The Hall–Kier alpha value is -1.26. The fourth-order valence-corrected chi connectivity index (χ4v) is 1.02. The highest BCUT2D eigenvalue weighted by Gasteiger charge is 2.08. The zero-order chi connectivity index (χ0) is 10.6. The lowest BCUT2D eigenvalue weighted by molar-refractivity contribution is -0.0598. The van der Waals surface area contributed by atoms with Gasteiger partial charge in [0.25, 0.3) is 0 Å². The molecular formula is C9H11ClN2O2. The van der Waals surface area contributed by atoms with E-state index in [0.29, 0.717) is 10.7 Å². The molecule has 0 atom stereocenters. The highest BCUT2D eigenvalue weighted by molar-refractivity contribution is 6.33. The number of urea groups is 1. The van der Waals surface area contributed by atoms with Crippen LogP contribution in [0.1, 0.15) is 0 Å². The Bertz CT molecular complexity index is 330. The van der Waals surface area contributed by atoms with E-state index in [4.69, 9.17) is 16.4 Å². The van der Waals surface area contributed by atoms with Gasteiger partial charge in [0, 0.05) is 7.05 Å². The van der Waals surface area contributed by atoms with Crippen molar-refractivity contribution in [3.63, 3.8) is 0 Å². The van der Waals surface area contributed by atoms with Crippen LogP contribution in [0.2, 0.25) is 5.02 Å². The standard InChI is InChI=1S/C9H11ClN2O2/c1-12(14-2)9(13)11-8-6-4-3-5-7(8)10/h3-6H,1-2H3,(H,11,13). The summed E-state index contributed by atoms with van der Waals surface area (Å²) in [6.45, 7) is 0. The lowest BCUT2D eigenvalue weighted by Gasteiger charge is -2.15. The van der Waals surface area contributed by atoms with E-state index in [-0.39, 0.29) is 6.03 Å². The van der Waals surface area contributed by atoms with Crippen LogP contribution < -0.4 is 5.32 Å². The van der Waals surface area contributed by atoms with Crippen molar-refractivity contribution in [2.45, 2.75) is 0 Å². The number of nitrogens with one attached hydrogen (secondary N) is 1. The summed E-state index contributed by atoms with van der Waals surface area (Å²) in [7, 11) is 2.92. The summed E-state index contributed by atoms with van der Waals surface area (Å²) in [4.78, 5) is 16.0. The summed E-state index contributed by atoms with van der Waals surface area (Å²) >= 11 is 5.84. The minimum Gasteiger partial charge on any atom is -0.305 e. The molecule has 0 spiro atoms. The molecule has 4 nitrogen and oxygen atoms in total. The maximum absolute atomic E-state index is 11.3. The molecule has 1 aromatic carbocycles. The molecule has 0 aliphatic heterocycles. The van der Waals surface area contributed by atoms with Gasteiger partial charge in [-0.3, -0.25) is 4.84 Å². The predicted molar refractivity (Wildman–Crippen MR) is 55.2 cm³/mol. The molecule has 0 saturated heterocycles. The van der Waals surface area contributed by atoms with Gasteiger partial charge in [-0.2, -0.15) is 0 Å². The van der Waals surface area contributed by atoms with Gasteiger partial charge in [-0.25, -0.2) is 9.86 Å². The van der Waals surface area contributed by atoms with Gasteiger partial charge in [0.1, 0.15) is 0 Å². The second-order valence-electron chi connectivity index (χ2n) is 2.59. The predicted octanol–water partition coefficient (Wildman–Crippen LogP) is 2.37. The molecule has 5 heteroatoms. The Labute approximate surface area is 87.4 Å². The van der Waals surface area contributed by atoms with Gasteiger partial charge in [-0.15, -0.1) is 0 Å². The van der Waals surface area contributed by atoms with Crippen molar-refractivity contribution in [1.82, 2.24) is 5.06 Å². The van der Waals surface area contributed by atoms with E-state index >= 15 is 0 Å². The highest BCUT2D eigenvalue weighted by atomic mass is 35.5. The number of halogens is 1. The van der Waals surface area contributed by atoms with Crippen LogP contribution in [0, 0.1) is 0 Å². The van der Waals surface area contributed by atoms with E-state index in [9.17, 15) is 4.79 Å². The van der Waals surface area contributed by atoms with Crippen molar-refractivity contribution in [1.29, 1.82) is 0 Å². The Morgan fingerprint density at radius 2 is 2.14 bits per heavy atom. The van der Waals surface area contributed by atoms with Crippen molar-refractivity contribution in [2.75, 3.05) is 19.5 Å². The van der Waals surface area contributed by atoms with Gasteiger partial charge in [0.15, 0.2) is 0 Å². The Morgan fingerprint density at radius 3 is 2.71 bits per heavy atom. The molecule has 0 aliphatic carbocycles. The minimum absolute atomic E-state index is 0.374. The zero-order valence-corrected chi connectivity index (χ0v) is 8.71. The van der Waals surface area contributed by atoms with Crippen molar-refractivity contribution in [2.24, 2.45) is 0 Å². The summed E-state index contributed by atoms with van der Waals surface area (Å²) in [6.07, 6.45) is 0. The fourth-order valence-electron chi connectivity index (χ4n) is 0.839. The smallest absolute Gasteiger partial charge is 0.305 e. The number of hydrogen-bond donors (Lipinski definition) is 1. The van der Waals surface area contributed by atoms with Crippen molar-refractivity contribution >= 4 is 23.3 Å². The molecule has 0 aliphatic rings. The maximum atomic E-state index is 11.3. The number of rotatable bonds is 2. The topological polar surface area (TPSA) is 41.6 Å². The molecule has 2 amide bonds. The summed E-state index contributed by atoms with van der Waals surface area (Å²) in [5.74, 6) is 0. The van der Waals surface area contributed by atoms with Crippen LogP contribution in [0.4, 0.5) is 10.5 Å². The normalized spacial score (nSPS) is 9.64. The first-order valence-corrected chi connectivity index (χ1v) is 4.36. The van der Waals surface area contributed by atoms with Gasteiger partial charge in [0.05, 0.1) is 17.8 Å². The number of para-hydroxylation sites is 1. The second kappa shape index (κ2) is 4.83. The number of hydrogen-bond acceptors (Lipinski definition) is 2. The lowest BCUT2D eigenvalue weighted by atomic mass is 10.3. The van der Waals surface area contributed by atoms with Crippen LogP contribution in [0.5, 0.6) is 0 Å². The molecule has 0 fully saturated rings. The summed E-state index contributed by atoms with van der Waals surface area (Å²) in [6, 6.07) is 6.61. The molecule has 0 radical (unpaired) electrons. The highest BCUT2D eigenvalue weighted by Crippen LogP contribution is 2.20. The van der Waals surface area contributed by atoms with Crippen LogP contribution >= 0.6 is 11.6 Å². The van der Waals surface area contributed by atoms with Crippen molar-refractivity contribution in [3.05, 3.63) is 29.3 Å². The monoisotopic (exact) mass is 214 g/mol. The number of benzene rings is 1. The van der Waals surface area contributed by atoms with Crippen LogP contribution in [-0.4, -0.2) is 25.3 Å². The first kappa shape index (κ1) is 10.8. The average Bonchev–Trinajstić information content (AvgIpc) is 2.20. The molecule has 0 aromatic heterocycles. The van der Waals surface area contributed by atoms with Gasteiger partial charge in [-0.05, 0) is 12.1 Å². The molecule has 0 heterocycles. The summed E-state index contributed by atoms with van der Waals surface area (Å²) < 4.78 is 0. The van der Waals surface area contributed by atoms with Crippen molar-refractivity contribution < 1.29 is 9.63 Å². The van der Waals surface area contributed by atoms with Crippen LogP contribution in [0.15, 0.2) is 24.3 Å². The second-order valence-corrected chi connectivity index (χ2v) is 3.00. The summed E-state index contributed by atoms with van der Waals surface area (Å²) in [5.41, 5.74) is 0.558. The Morgan fingerprint density at radius 1 is 1.50 bits per heavy atom. The number of nitrogens with zero attached hydrogens (tertiary/aromatic N) is 1. The first-order valence-electron chi connectivity index (χ1n) is 3.98. The molecule has 0 unspecified atom stereocenters. The number of carbonyl (C=O) groups excluding carboxylic acids is 1. The van der Waals surface area contributed by atoms with Gasteiger partial charge < -0.3 is 5.32 Å². The zero-order valence-electron chi connectivity index (χ0n) is 7.95. The molecule has 1 rings (SSSR count). The molecule has 0 saturated carbocycles. The number of anilines is 1. The van der Waals surface area contributed by atoms with Crippen LogP contribution in [-0.2, 0) is 4.84 Å². The quantitative estimate of drug-likeness (QED) is 0.768. The third-order valence-corrected chi connectivity index (χ3v) is 2.00. The minimum atomic E-state index is -0.374. The van der Waals surface area contributed by atoms with E-state index in [1.807, 2.05) is 0 Å². The molecule has 1 N–H and O–H groups in total. The number of carbonyl (C=O) groups is 1. The molecule has 1 aromatic rings. The molecule has 14 heavy (non-hydrogen) atoms. The SMILES string of the molecule is CON(C)C(=O)Nc1ccccc1Cl. The maximum Gasteiger partial charge on any atom is 0.345 e. The van der Waals surface area contributed by atoms with Crippen LogP contribution in [0.3, 0.4) is 0 Å². The Kier molecular flexibility index (Phi) is 3.73. The Balaban J connectivity index is 2.70. The van der Waals surface area contributed by atoms with E-state index in [1.165, 1.54) is 14.2 Å².